The van der Waals surface area contributed by atoms with Crippen molar-refractivity contribution >= 4 is 34.3 Å². The quantitative estimate of drug-likeness (QED) is 0.276. The molecule has 0 aliphatic rings. The number of hydrogen-bond donors (Lipinski definition) is 0. The highest BCUT2D eigenvalue weighted by Gasteiger charge is 2.22. The fourth-order valence-corrected chi connectivity index (χ4v) is 3.52. The van der Waals surface area contributed by atoms with Gasteiger partial charge in [-0.1, -0.05) is 65.7 Å². The number of pyridine rings is 1. The molecule has 4 aromatic rings. The molecule has 31 heavy (non-hydrogen) atoms. The number of ether oxygens (including phenoxy) is 1. The normalized spacial score (nSPS) is 11.8. The standard InChI is InChI=1S/C26H20ClNO3/c1-16-8-13-23-21(14-16)22(15-24(28-23)18-9-11-20(27)12-10-18)26(30)31-17(2)25(29)19-6-4-3-5-7-19/h3-15,17H,1-2H3/t17-/m0/s1. The summed E-state index contributed by atoms with van der Waals surface area (Å²) in [4.78, 5) is 30.5. The van der Waals surface area contributed by atoms with Gasteiger partial charge >= 0.3 is 5.97 Å². The maximum Gasteiger partial charge on any atom is 0.339 e. The van der Waals surface area contributed by atoms with Gasteiger partial charge in [0.2, 0.25) is 5.78 Å². The molecule has 0 aliphatic heterocycles. The fraction of sp³-hybridized carbons (Fsp3) is 0.115. The molecule has 0 saturated heterocycles. The Hall–Kier alpha value is -3.50. The molecule has 0 unspecified atom stereocenters. The Bertz CT molecular complexity index is 1270. The lowest BCUT2D eigenvalue weighted by molar-refractivity contribution is 0.0320. The van der Waals surface area contributed by atoms with Gasteiger partial charge in [0.15, 0.2) is 6.10 Å². The number of hydrogen-bond acceptors (Lipinski definition) is 4. The molecular weight excluding hydrogens is 410 g/mol. The number of nitrogens with zero attached hydrogens (tertiary/aromatic N) is 1. The smallest absolute Gasteiger partial charge is 0.339 e. The Morgan fingerprint density at radius 1 is 0.935 bits per heavy atom. The molecule has 0 aliphatic carbocycles. The third-order valence-corrected chi connectivity index (χ3v) is 5.29. The van der Waals surface area contributed by atoms with Crippen molar-refractivity contribution in [1.82, 2.24) is 4.98 Å². The molecule has 0 amide bonds. The van der Waals surface area contributed by atoms with Gasteiger partial charge in [-0.05, 0) is 44.2 Å². The topological polar surface area (TPSA) is 56.3 Å². The van der Waals surface area contributed by atoms with Gasteiger partial charge in [-0.25, -0.2) is 9.78 Å². The molecule has 5 heteroatoms. The van der Waals surface area contributed by atoms with E-state index in [1.54, 1.807) is 49.4 Å². The van der Waals surface area contributed by atoms with E-state index in [1.165, 1.54) is 0 Å². The summed E-state index contributed by atoms with van der Waals surface area (Å²) in [7, 11) is 0. The largest absolute Gasteiger partial charge is 0.451 e. The van der Waals surface area contributed by atoms with Gasteiger partial charge in [0, 0.05) is 21.5 Å². The number of halogens is 1. The highest BCUT2D eigenvalue weighted by Crippen LogP contribution is 2.27. The van der Waals surface area contributed by atoms with Gasteiger partial charge < -0.3 is 4.74 Å². The van der Waals surface area contributed by atoms with Crippen LogP contribution in [0.25, 0.3) is 22.2 Å². The summed E-state index contributed by atoms with van der Waals surface area (Å²) >= 11 is 6.00. The minimum Gasteiger partial charge on any atom is -0.451 e. The molecule has 4 nitrogen and oxygen atoms in total. The summed E-state index contributed by atoms with van der Waals surface area (Å²) in [5, 5.41) is 1.30. The van der Waals surface area contributed by atoms with Crippen molar-refractivity contribution in [3.63, 3.8) is 0 Å². The van der Waals surface area contributed by atoms with Crippen molar-refractivity contribution in [2.24, 2.45) is 0 Å². The van der Waals surface area contributed by atoms with Gasteiger partial charge in [0.1, 0.15) is 0 Å². The molecule has 0 N–H and O–H groups in total. The maximum absolute atomic E-state index is 13.1. The van der Waals surface area contributed by atoms with Crippen molar-refractivity contribution in [2.45, 2.75) is 20.0 Å². The van der Waals surface area contributed by atoms with Crippen LogP contribution in [0, 0.1) is 6.92 Å². The van der Waals surface area contributed by atoms with E-state index in [1.807, 2.05) is 43.3 Å². The van der Waals surface area contributed by atoms with Crippen molar-refractivity contribution in [3.8, 4) is 11.3 Å². The van der Waals surface area contributed by atoms with Gasteiger partial charge in [0.25, 0.3) is 0 Å². The first-order valence-electron chi connectivity index (χ1n) is 9.90. The van der Waals surface area contributed by atoms with Crippen LogP contribution in [-0.2, 0) is 4.74 Å². The zero-order chi connectivity index (χ0) is 22.0. The molecular formula is C26H20ClNO3. The fourth-order valence-electron chi connectivity index (χ4n) is 3.39. The lowest BCUT2D eigenvalue weighted by atomic mass is 10.0. The van der Waals surface area contributed by atoms with Crippen molar-refractivity contribution < 1.29 is 14.3 Å². The summed E-state index contributed by atoms with van der Waals surface area (Å²) in [6.07, 6.45) is -0.915. The first-order valence-corrected chi connectivity index (χ1v) is 10.3. The average Bonchev–Trinajstić information content (AvgIpc) is 2.78. The van der Waals surface area contributed by atoms with Gasteiger partial charge in [-0.2, -0.15) is 0 Å². The van der Waals surface area contributed by atoms with Gasteiger partial charge in [0.05, 0.1) is 16.8 Å². The number of fused-ring (bicyclic) bond motifs is 1. The van der Waals surface area contributed by atoms with Crippen molar-refractivity contribution in [2.75, 3.05) is 0 Å². The number of esters is 1. The summed E-state index contributed by atoms with van der Waals surface area (Å²) in [5.74, 6) is -0.814. The predicted molar refractivity (Wildman–Crippen MR) is 123 cm³/mol. The molecule has 3 aromatic carbocycles. The number of carbonyl (C=O) groups excluding carboxylic acids is 2. The van der Waals surface area contributed by atoms with E-state index < -0.39 is 12.1 Å². The molecule has 0 fully saturated rings. The van der Waals surface area contributed by atoms with E-state index in [9.17, 15) is 9.59 Å². The van der Waals surface area contributed by atoms with Crippen LogP contribution in [0.4, 0.5) is 0 Å². The third-order valence-electron chi connectivity index (χ3n) is 5.04. The second kappa shape index (κ2) is 8.70. The lowest BCUT2D eigenvalue weighted by Gasteiger charge is -2.15. The second-order valence-corrected chi connectivity index (χ2v) is 7.80. The Kier molecular flexibility index (Phi) is 5.83. The second-order valence-electron chi connectivity index (χ2n) is 7.36. The lowest BCUT2D eigenvalue weighted by Crippen LogP contribution is -2.24. The first kappa shape index (κ1) is 20.8. The molecule has 154 valence electrons. The molecule has 1 aromatic heterocycles. The van der Waals surface area contributed by atoms with Crippen LogP contribution in [-0.4, -0.2) is 22.8 Å². The van der Waals surface area contributed by atoms with E-state index in [0.717, 1.165) is 11.1 Å². The number of aromatic nitrogens is 1. The van der Waals surface area contributed by atoms with Crippen LogP contribution >= 0.6 is 11.6 Å². The summed E-state index contributed by atoms with van der Waals surface area (Å²) < 4.78 is 5.57. The minimum absolute atomic E-state index is 0.249. The number of aryl methyl sites for hydroxylation is 1. The number of ketones is 1. The number of rotatable bonds is 5. The Morgan fingerprint density at radius 3 is 2.35 bits per heavy atom. The molecule has 4 rings (SSSR count). The summed E-state index contributed by atoms with van der Waals surface area (Å²) in [5.41, 5.74) is 3.99. The monoisotopic (exact) mass is 429 g/mol. The molecule has 0 saturated carbocycles. The van der Waals surface area contributed by atoms with E-state index in [0.29, 0.717) is 32.7 Å². The zero-order valence-corrected chi connectivity index (χ0v) is 17.9. The number of benzene rings is 3. The number of carbonyl (C=O) groups is 2. The van der Waals surface area contributed by atoms with Gasteiger partial charge in [-0.15, -0.1) is 0 Å². The average molecular weight is 430 g/mol. The van der Waals surface area contributed by atoms with Crippen molar-refractivity contribution in [3.05, 3.63) is 101 Å². The highest BCUT2D eigenvalue weighted by atomic mass is 35.5. The van der Waals surface area contributed by atoms with Crippen LogP contribution in [0.3, 0.4) is 0 Å². The van der Waals surface area contributed by atoms with Crippen LogP contribution < -0.4 is 0 Å². The first-order chi connectivity index (χ1) is 14.9. The van der Waals surface area contributed by atoms with Gasteiger partial charge in [-0.3, -0.25) is 4.79 Å². The predicted octanol–water partition coefficient (Wildman–Crippen LogP) is 6.29. The SMILES string of the molecule is Cc1ccc2nc(-c3ccc(Cl)cc3)cc(C(=O)O[C@@H](C)C(=O)c3ccccc3)c2c1. The Labute approximate surface area is 185 Å². The molecule has 0 spiro atoms. The zero-order valence-electron chi connectivity index (χ0n) is 17.1. The van der Waals surface area contributed by atoms with E-state index in [-0.39, 0.29) is 5.78 Å². The molecule has 0 bridgehead atoms. The van der Waals surface area contributed by atoms with Crippen LogP contribution in [0.2, 0.25) is 5.02 Å². The Balaban J connectivity index is 1.72. The highest BCUT2D eigenvalue weighted by molar-refractivity contribution is 6.30. The maximum atomic E-state index is 13.1. The van der Waals surface area contributed by atoms with E-state index >= 15 is 0 Å². The summed E-state index contributed by atoms with van der Waals surface area (Å²) in [6, 6.07) is 23.5. The molecule has 1 heterocycles. The summed E-state index contributed by atoms with van der Waals surface area (Å²) in [6.45, 7) is 3.53. The van der Waals surface area contributed by atoms with Crippen molar-refractivity contribution in [1.29, 1.82) is 0 Å². The molecule has 0 radical (unpaired) electrons. The third kappa shape index (κ3) is 4.49. The van der Waals surface area contributed by atoms with E-state index in [4.69, 9.17) is 21.3 Å². The number of Topliss-reactive ketones (excluding diaryl/α,β-unsaturated/α-hetero) is 1. The van der Waals surface area contributed by atoms with Crippen LogP contribution in [0.1, 0.15) is 33.2 Å². The van der Waals surface area contributed by atoms with E-state index in [2.05, 4.69) is 0 Å². The van der Waals surface area contributed by atoms with Crippen LogP contribution in [0.15, 0.2) is 78.9 Å². The molecule has 1 atom stereocenters. The Morgan fingerprint density at radius 2 is 1.65 bits per heavy atom. The minimum atomic E-state index is -0.915. The van der Waals surface area contributed by atoms with Crippen LogP contribution in [0.5, 0.6) is 0 Å².